The van der Waals surface area contributed by atoms with Crippen LogP contribution in [-0.4, -0.2) is 60.9 Å². The van der Waals surface area contributed by atoms with E-state index in [0.29, 0.717) is 17.2 Å². The number of hydrogen-bond acceptors (Lipinski definition) is 5. The number of ether oxygens (including phenoxy) is 1. The number of methoxy groups -OCH3 is 1. The van der Waals surface area contributed by atoms with Crippen molar-refractivity contribution in [3.63, 3.8) is 0 Å². The van der Waals surface area contributed by atoms with Crippen molar-refractivity contribution in [1.82, 2.24) is 9.80 Å². The summed E-state index contributed by atoms with van der Waals surface area (Å²) >= 11 is 0. The van der Waals surface area contributed by atoms with Gasteiger partial charge in [0.05, 0.1) is 7.11 Å². The molecule has 2 heterocycles. The number of amides is 4. The van der Waals surface area contributed by atoms with Crippen LogP contribution in [0.25, 0.3) is 6.08 Å². The van der Waals surface area contributed by atoms with Crippen LogP contribution in [0.3, 0.4) is 0 Å². The quantitative estimate of drug-likeness (QED) is 0.557. The normalized spacial score (nSPS) is 21.2. The maximum absolute atomic E-state index is 12.6. The average molecular weight is 414 g/mol. The van der Waals surface area contributed by atoms with Gasteiger partial charge in [-0.3, -0.25) is 19.4 Å². The van der Waals surface area contributed by atoms with Crippen molar-refractivity contribution < 1.29 is 19.1 Å². The van der Waals surface area contributed by atoms with Gasteiger partial charge in [-0.2, -0.15) is 0 Å². The molecule has 0 radical (unpaired) electrons. The molecular formula is C23H31N3O4. The van der Waals surface area contributed by atoms with Crippen molar-refractivity contribution in [2.24, 2.45) is 0 Å². The van der Waals surface area contributed by atoms with Crippen LogP contribution in [0.2, 0.25) is 0 Å². The van der Waals surface area contributed by atoms with Crippen molar-refractivity contribution in [1.29, 1.82) is 0 Å². The molecule has 162 valence electrons. The van der Waals surface area contributed by atoms with Crippen LogP contribution in [0.1, 0.15) is 57.6 Å². The minimum atomic E-state index is -0.634. The molecule has 0 spiro atoms. The van der Waals surface area contributed by atoms with Gasteiger partial charge in [0.25, 0.3) is 11.8 Å². The molecule has 0 aromatic heterocycles. The second-order valence-electron chi connectivity index (χ2n) is 8.79. The highest BCUT2D eigenvalue weighted by atomic mass is 16.5. The van der Waals surface area contributed by atoms with E-state index < -0.39 is 17.8 Å². The summed E-state index contributed by atoms with van der Waals surface area (Å²) in [4.78, 5) is 41.6. The number of imide groups is 2. The minimum absolute atomic E-state index is 0.0223. The molecule has 0 saturated carbocycles. The minimum Gasteiger partial charge on any atom is -0.496 e. The monoisotopic (exact) mass is 413 g/mol. The standard InChI is InChI=1S/C23H31N3O4/c1-8-9-26-18-12-19(30-7)15(10-16(18)14(2)13-23(26,3)4)11-17-20(27)24(5)22(29)25(6)21(17)28/h10-12,14H,8-9,13H2,1-7H3. The summed E-state index contributed by atoms with van der Waals surface area (Å²) in [5.74, 6) is -0.305. The van der Waals surface area contributed by atoms with E-state index in [0.717, 1.165) is 34.9 Å². The number of urea groups is 1. The molecule has 0 aliphatic carbocycles. The van der Waals surface area contributed by atoms with Crippen LogP contribution in [0.15, 0.2) is 17.7 Å². The Bertz CT molecular complexity index is 909. The van der Waals surface area contributed by atoms with Crippen LogP contribution in [0, 0.1) is 0 Å². The Morgan fingerprint density at radius 3 is 2.27 bits per heavy atom. The number of hydrogen-bond donors (Lipinski definition) is 0. The first kappa shape index (κ1) is 21.9. The summed E-state index contributed by atoms with van der Waals surface area (Å²) in [6.07, 6.45) is 3.57. The Morgan fingerprint density at radius 1 is 1.13 bits per heavy atom. The van der Waals surface area contributed by atoms with E-state index in [9.17, 15) is 14.4 Å². The zero-order valence-corrected chi connectivity index (χ0v) is 18.9. The van der Waals surface area contributed by atoms with E-state index in [-0.39, 0.29) is 11.1 Å². The lowest BCUT2D eigenvalue weighted by atomic mass is 9.79. The van der Waals surface area contributed by atoms with Crippen molar-refractivity contribution in [3.05, 3.63) is 28.8 Å². The third-order valence-corrected chi connectivity index (χ3v) is 6.13. The highest BCUT2D eigenvalue weighted by Crippen LogP contribution is 2.46. The Labute approximate surface area is 178 Å². The average Bonchev–Trinajstić information content (AvgIpc) is 2.70. The highest BCUT2D eigenvalue weighted by molar-refractivity contribution is 6.30. The number of likely N-dealkylation sites (N-methyl/N-ethyl adjacent to an activating group) is 2. The predicted molar refractivity (Wildman–Crippen MR) is 117 cm³/mol. The lowest BCUT2D eigenvalue weighted by Gasteiger charge is -2.48. The summed E-state index contributed by atoms with van der Waals surface area (Å²) in [6, 6.07) is 3.39. The second-order valence-corrected chi connectivity index (χ2v) is 8.79. The zero-order chi connectivity index (χ0) is 22.4. The first-order chi connectivity index (χ1) is 14.0. The van der Waals surface area contributed by atoms with Gasteiger partial charge in [0.1, 0.15) is 11.3 Å². The molecule has 4 amide bonds. The summed E-state index contributed by atoms with van der Waals surface area (Å²) in [5.41, 5.74) is 2.93. The molecule has 2 aliphatic rings. The number of barbiturate groups is 1. The first-order valence-corrected chi connectivity index (χ1v) is 10.3. The molecule has 1 aromatic carbocycles. The molecule has 0 bridgehead atoms. The van der Waals surface area contributed by atoms with Crippen LogP contribution in [-0.2, 0) is 9.59 Å². The topological polar surface area (TPSA) is 70.2 Å². The Morgan fingerprint density at radius 2 is 1.73 bits per heavy atom. The molecule has 1 fully saturated rings. The molecule has 1 aromatic rings. The summed E-state index contributed by atoms with van der Waals surface area (Å²) in [5, 5.41) is 0. The molecule has 30 heavy (non-hydrogen) atoms. The third kappa shape index (κ3) is 3.46. The number of benzene rings is 1. The molecule has 7 heteroatoms. The molecule has 2 aliphatic heterocycles. The van der Waals surface area contributed by atoms with Crippen LogP contribution in [0.4, 0.5) is 10.5 Å². The Balaban J connectivity index is 2.15. The molecule has 1 saturated heterocycles. The van der Waals surface area contributed by atoms with Gasteiger partial charge in [-0.15, -0.1) is 0 Å². The van der Waals surface area contributed by atoms with Gasteiger partial charge in [-0.25, -0.2) is 4.79 Å². The number of carbonyl (C=O) groups excluding carboxylic acids is 3. The van der Waals surface area contributed by atoms with Crippen LogP contribution in [0.5, 0.6) is 5.75 Å². The van der Waals surface area contributed by atoms with E-state index in [1.807, 2.05) is 12.1 Å². The zero-order valence-electron chi connectivity index (χ0n) is 18.9. The first-order valence-electron chi connectivity index (χ1n) is 10.3. The van der Waals surface area contributed by atoms with Crippen LogP contribution < -0.4 is 9.64 Å². The smallest absolute Gasteiger partial charge is 0.333 e. The van der Waals surface area contributed by atoms with Crippen molar-refractivity contribution in [3.8, 4) is 5.75 Å². The maximum atomic E-state index is 12.6. The van der Waals surface area contributed by atoms with Crippen LogP contribution >= 0.6 is 0 Å². The van der Waals surface area contributed by atoms with Gasteiger partial charge in [0.15, 0.2) is 0 Å². The third-order valence-electron chi connectivity index (χ3n) is 6.13. The molecule has 7 nitrogen and oxygen atoms in total. The van der Waals surface area contributed by atoms with Crippen molar-refractivity contribution in [2.45, 2.75) is 52.0 Å². The van der Waals surface area contributed by atoms with Crippen molar-refractivity contribution in [2.75, 3.05) is 32.6 Å². The number of anilines is 1. The number of rotatable bonds is 4. The highest BCUT2D eigenvalue weighted by Gasteiger charge is 2.39. The molecular weight excluding hydrogens is 382 g/mol. The maximum Gasteiger partial charge on any atom is 0.333 e. The van der Waals surface area contributed by atoms with E-state index in [1.54, 1.807) is 13.2 Å². The number of nitrogens with zero attached hydrogens (tertiary/aromatic N) is 3. The molecule has 1 atom stereocenters. The summed E-state index contributed by atoms with van der Waals surface area (Å²) in [6.45, 7) is 9.81. The van der Waals surface area contributed by atoms with E-state index in [4.69, 9.17) is 4.74 Å². The molecule has 3 rings (SSSR count). The predicted octanol–water partition coefficient (Wildman–Crippen LogP) is 3.63. The van der Waals surface area contributed by atoms with Gasteiger partial charge in [-0.05, 0) is 50.3 Å². The van der Waals surface area contributed by atoms with E-state index in [1.165, 1.54) is 19.7 Å². The van der Waals surface area contributed by atoms with Crippen molar-refractivity contribution >= 4 is 29.6 Å². The van der Waals surface area contributed by atoms with E-state index in [2.05, 4.69) is 32.6 Å². The second kappa shape index (κ2) is 7.78. The number of fused-ring (bicyclic) bond motifs is 1. The fraction of sp³-hybridized carbons (Fsp3) is 0.522. The SMILES string of the molecule is CCCN1c2cc(OC)c(C=C3C(=O)N(C)C(=O)N(C)C3=O)cc2C(C)CC1(C)C. The van der Waals surface area contributed by atoms with Gasteiger partial charge >= 0.3 is 6.03 Å². The molecule has 0 N–H and O–H groups in total. The molecule has 1 unspecified atom stereocenters. The fourth-order valence-corrected chi connectivity index (χ4v) is 4.59. The number of carbonyl (C=O) groups is 3. The largest absolute Gasteiger partial charge is 0.496 e. The fourth-order valence-electron chi connectivity index (χ4n) is 4.59. The summed E-state index contributed by atoms with van der Waals surface area (Å²) < 4.78 is 5.64. The van der Waals surface area contributed by atoms with Gasteiger partial charge < -0.3 is 9.64 Å². The summed E-state index contributed by atoms with van der Waals surface area (Å²) in [7, 11) is 4.33. The van der Waals surface area contributed by atoms with Gasteiger partial charge in [0.2, 0.25) is 0 Å². The van der Waals surface area contributed by atoms with E-state index >= 15 is 0 Å². The Hall–Kier alpha value is -2.83. The Kier molecular flexibility index (Phi) is 5.67. The van der Waals surface area contributed by atoms with Gasteiger partial charge in [-0.1, -0.05) is 13.8 Å². The lowest BCUT2D eigenvalue weighted by Crippen LogP contribution is -2.52. The lowest BCUT2D eigenvalue weighted by molar-refractivity contribution is -0.134. The van der Waals surface area contributed by atoms with Gasteiger partial charge in [0, 0.05) is 43.5 Å².